The number of halogens is 1. The molecule has 0 aromatic heterocycles. The summed E-state index contributed by atoms with van der Waals surface area (Å²) in [5.74, 6) is 0.121. The highest BCUT2D eigenvalue weighted by atomic mass is 19.1. The zero-order chi connectivity index (χ0) is 15.5. The van der Waals surface area contributed by atoms with Crippen molar-refractivity contribution in [3.63, 3.8) is 0 Å². The molecule has 1 aromatic carbocycles. The third-order valence-electron chi connectivity index (χ3n) is 3.41. The lowest BCUT2D eigenvalue weighted by Gasteiger charge is -2.21. The molecule has 1 saturated heterocycles. The van der Waals surface area contributed by atoms with Gasteiger partial charge in [-0.05, 0) is 45.2 Å². The van der Waals surface area contributed by atoms with Crippen LogP contribution in [0.4, 0.5) is 14.9 Å². The highest BCUT2D eigenvalue weighted by Crippen LogP contribution is 2.25. The number of alkyl carbamates (subject to hydrolysis) is 1. The normalized spacial score (nSPS) is 18.7. The highest BCUT2D eigenvalue weighted by molar-refractivity contribution is 5.67. The van der Waals surface area contributed by atoms with Crippen LogP contribution in [-0.2, 0) is 4.74 Å². The molecule has 1 N–H and O–H groups in total. The number of benzene rings is 1. The van der Waals surface area contributed by atoms with Crippen LogP contribution in [0.25, 0.3) is 0 Å². The van der Waals surface area contributed by atoms with E-state index < -0.39 is 11.7 Å². The van der Waals surface area contributed by atoms with E-state index >= 15 is 0 Å². The van der Waals surface area contributed by atoms with Crippen LogP contribution in [0.2, 0.25) is 0 Å². The highest BCUT2D eigenvalue weighted by Gasteiger charge is 2.25. The molecule has 1 unspecified atom stereocenters. The number of anilines is 1. The topological polar surface area (TPSA) is 41.6 Å². The first kappa shape index (κ1) is 15.6. The van der Waals surface area contributed by atoms with Gasteiger partial charge in [0.15, 0.2) is 0 Å². The van der Waals surface area contributed by atoms with Crippen molar-refractivity contribution in [1.82, 2.24) is 5.32 Å². The van der Waals surface area contributed by atoms with E-state index in [0.29, 0.717) is 18.2 Å². The summed E-state index contributed by atoms with van der Waals surface area (Å²) in [5, 5.41) is 2.79. The molecule has 5 heteroatoms. The van der Waals surface area contributed by atoms with Crippen molar-refractivity contribution < 1.29 is 13.9 Å². The largest absolute Gasteiger partial charge is 0.444 e. The number of rotatable bonds is 3. The number of ether oxygens (including phenoxy) is 1. The summed E-state index contributed by atoms with van der Waals surface area (Å²) in [6.07, 6.45) is 0.538. The van der Waals surface area contributed by atoms with Crippen molar-refractivity contribution >= 4 is 11.8 Å². The van der Waals surface area contributed by atoms with Crippen molar-refractivity contribution in [2.45, 2.75) is 32.8 Å². The molecule has 1 aromatic rings. The van der Waals surface area contributed by atoms with Crippen LogP contribution >= 0.6 is 0 Å². The number of nitrogens with zero attached hydrogens (tertiary/aromatic N) is 1. The van der Waals surface area contributed by atoms with Crippen molar-refractivity contribution in [1.29, 1.82) is 0 Å². The Bertz CT molecular complexity index is 499. The van der Waals surface area contributed by atoms with Gasteiger partial charge in [-0.2, -0.15) is 0 Å². The molecule has 116 valence electrons. The lowest BCUT2D eigenvalue weighted by atomic mass is 10.1. The number of nitrogens with one attached hydrogen (secondary N) is 1. The first-order valence-corrected chi connectivity index (χ1v) is 7.31. The van der Waals surface area contributed by atoms with Gasteiger partial charge in [0.1, 0.15) is 11.4 Å². The molecule has 1 aliphatic rings. The first-order chi connectivity index (χ1) is 9.85. The summed E-state index contributed by atoms with van der Waals surface area (Å²) in [6.45, 7) is 7.62. The van der Waals surface area contributed by atoms with Crippen LogP contribution in [0.3, 0.4) is 0 Å². The third-order valence-corrected chi connectivity index (χ3v) is 3.41. The molecule has 0 spiro atoms. The monoisotopic (exact) mass is 294 g/mol. The van der Waals surface area contributed by atoms with Gasteiger partial charge in [-0.25, -0.2) is 9.18 Å². The Labute approximate surface area is 125 Å². The average Bonchev–Trinajstić information content (AvgIpc) is 2.83. The molecule has 0 saturated carbocycles. The van der Waals surface area contributed by atoms with Gasteiger partial charge in [0.05, 0.1) is 5.69 Å². The number of carbonyl (C=O) groups excluding carboxylic acids is 1. The van der Waals surface area contributed by atoms with E-state index in [1.807, 2.05) is 31.7 Å². The maximum Gasteiger partial charge on any atom is 0.407 e. The average molecular weight is 294 g/mol. The van der Waals surface area contributed by atoms with Crippen LogP contribution in [0.1, 0.15) is 27.2 Å². The Morgan fingerprint density at radius 3 is 2.81 bits per heavy atom. The predicted molar refractivity (Wildman–Crippen MR) is 81.0 cm³/mol. The molecule has 1 aliphatic heterocycles. The minimum atomic E-state index is -0.487. The van der Waals surface area contributed by atoms with Crippen molar-refractivity contribution in [3.05, 3.63) is 30.1 Å². The smallest absolute Gasteiger partial charge is 0.407 e. The fourth-order valence-corrected chi connectivity index (χ4v) is 2.47. The predicted octanol–water partition coefficient (Wildman–Crippen LogP) is 3.18. The standard InChI is InChI=1S/C16H23FN2O2/c1-16(2,3)21-15(20)18-10-12-8-9-19(11-12)14-7-5-4-6-13(14)17/h4-7,12H,8-11H2,1-3H3,(H,18,20). The zero-order valence-corrected chi connectivity index (χ0v) is 12.9. The molecule has 0 bridgehead atoms. The quantitative estimate of drug-likeness (QED) is 0.931. The molecular formula is C16H23FN2O2. The summed E-state index contributed by atoms with van der Waals surface area (Å²) in [7, 11) is 0. The van der Waals surface area contributed by atoms with E-state index in [1.165, 1.54) is 6.07 Å². The number of hydrogen-bond acceptors (Lipinski definition) is 3. The summed E-state index contributed by atoms with van der Waals surface area (Å²) in [6, 6.07) is 6.79. The number of para-hydroxylation sites is 1. The zero-order valence-electron chi connectivity index (χ0n) is 12.9. The van der Waals surface area contributed by atoms with Gasteiger partial charge in [-0.1, -0.05) is 12.1 Å². The fourth-order valence-electron chi connectivity index (χ4n) is 2.47. The molecule has 0 radical (unpaired) electrons. The van der Waals surface area contributed by atoms with Gasteiger partial charge in [0.25, 0.3) is 0 Å². The SMILES string of the molecule is CC(C)(C)OC(=O)NCC1CCN(c2ccccc2F)C1. The molecule has 0 aliphatic carbocycles. The minimum Gasteiger partial charge on any atom is -0.444 e. The summed E-state index contributed by atoms with van der Waals surface area (Å²) in [5.41, 5.74) is 0.149. The van der Waals surface area contributed by atoms with E-state index in [-0.39, 0.29) is 5.82 Å². The molecular weight excluding hydrogens is 271 g/mol. The van der Waals surface area contributed by atoms with E-state index in [9.17, 15) is 9.18 Å². The molecule has 1 heterocycles. The van der Waals surface area contributed by atoms with Crippen molar-refractivity contribution in [2.24, 2.45) is 5.92 Å². The Balaban J connectivity index is 1.81. The van der Waals surface area contributed by atoms with E-state index in [1.54, 1.807) is 12.1 Å². The van der Waals surface area contributed by atoms with Crippen LogP contribution in [0, 0.1) is 11.7 Å². The summed E-state index contributed by atoms with van der Waals surface area (Å²) < 4.78 is 18.9. The minimum absolute atomic E-state index is 0.196. The van der Waals surface area contributed by atoms with E-state index in [4.69, 9.17) is 4.74 Å². The molecule has 2 rings (SSSR count). The van der Waals surface area contributed by atoms with Gasteiger partial charge in [-0.3, -0.25) is 0 Å². The van der Waals surface area contributed by atoms with Gasteiger partial charge < -0.3 is 15.0 Å². The van der Waals surface area contributed by atoms with Crippen LogP contribution in [0.5, 0.6) is 0 Å². The molecule has 21 heavy (non-hydrogen) atoms. The second kappa shape index (κ2) is 6.33. The van der Waals surface area contributed by atoms with Gasteiger partial charge in [0, 0.05) is 19.6 Å². The number of hydrogen-bond donors (Lipinski definition) is 1. The van der Waals surface area contributed by atoms with E-state index in [2.05, 4.69) is 5.32 Å². The lowest BCUT2D eigenvalue weighted by molar-refractivity contribution is 0.0520. The fraction of sp³-hybridized carbons (Fsp3) is 0.562. The third kappa shape index (κ3) is 4.62. The van der Waals surface area contributed by atoms with Gasteiger partial charge in [0.2, 0.25) is 0 Å². The van der Waals surface area contributed by atoms with Crippen LogP contribution in [0.15, 0.2) is 24.3 Å². The first-order valence-electron chi connectivity index (χ1n) is 7.31. The Morgan fingerprint density at radius 2 is 2.14 bits per heavy atom. The second-order valence-corrected chi connectivity index (χ2v) is 6.43. The molecule has 1 amide bonds. The van der Waals surface area contributed by atoms with Crippen LogP contribution in [-0.4, -0.2) is 31.3 Å². The Kier molecular flexibility index (Phi) is 4.70. The van der Waals surface area contributed by atoms with Crippen LogP contribution < -0.4 is 10.2 Å². The van der Waals surface area contributed by atoms with Gasteiger partial charge >= 0.3 is 6.09 Å². The summed E-state index contributed by atoms with van der Waals surface area (Å²) in [4.78, 5) is 13.6. The maximum atomic E-state index is 13.7. The Morgan fingerprint density at radius 1 is 1.43 bits per heavy atom. The van der Waals surface area contributed by atoms with Crippen molar-refractivity contribution in [2.75, 3.05) is 24.5 Å². The lowest BCUT2D eigenvalue weighted by Crippen LogP contribution is -2.36. The molecule has 1 fully saturated rings. The van der Waals surface area contributed by atoms with Gasteiger partial charge in [-0.15, -0.1) is 0 Å². The molecule has 4 nitrogen and oxygen atoms in total. The maximum absolute atomic E-state index is 13.7. The second-order valence-electron chi connectivity index (χ2n) is 6.43. The summed E-state index contributed by atoms with van der Waals surface area (Å²) >= 11 is 0. The molecule has 1 atom stereocenters. The van der Waals surface area contributed by atoms with Crippen molar-refractivity contribution in [3.8, 4) is 0 Å². The van der Waals surface area contributed by atoms with E-state index in [0.717, 1.165) is 19.5 Å². The number of carbonyl (C=O) groups is 1. The Hall–Kier alpha value is -1.78. The number of amides is 1.